The molecular weight excluding hydrogens is 417 g/mol. The second kappa shape index (κ2) is 9.27. The van der Waals surface area contributed by atoms with Crippen LogP contribution >= 0.6 is 11.6 Å². The standard InChI is InChI=1S/C24H21ClFN3O2/c25-18-9-7-16(8-10-18)24(31)29-14-21(17-4-3-5-19(26)12-17)22(15-29)23(30)28-13-20-6-1-2-11-27-20/h1-12,21-22H,13-15H2,(H,28,30)/t21-,22+/m0/s1. The first-order valence-corrected chi connectivity index (χ1v) is 10.4. The van der Waals surface area contributed by atoms with Gasteiger partial charge in [-0.25, -0.2) is 4.39 Å². The minimum atomic E-state index is -0.498. The number of likely N-dealkylation sites (tertiary alicyclic amines) is 1. The third-order valence-electron chi connectivity index (χ3n) is 5.48. The van der Waals surface area contributed by atoms with Gasteiger partial charge in [0.05, 0.1) is 18.2 Å². The Labute approximate surface area is 184 Å². The Bertz CT molecular complexity index is 1080. The van der Waals surface area contributed by atoms with Crippen LogP contribution in [0.4, 0.5) is 4.39 Å². The highest BCUT2D eigenvalue weighted by atomic mass is 35.5. The van der Waals surface area contributed by atoms with Gasteiger partial charge in [-0.05, 0) is 54.1 Å². The van der Waals surface area contributed by atoms with Crippen LogP contribution in [0.5, 0.6) is 0 Å². The minimum absolute atomic E-state index is 0.182. The highest BCUT2D eigenvalue weighted by molar-refractivity contribution is 6.30. The van der Waals surface area contributed by atoms with Gasteiger partial charge >= 0.3 is 0 Å². The lowest BCUT2D eigenvalue weighted by atomic mass is 9.88. The molecule has 7 heteroatoms. The summed E-state index contributed by atoms with van der Waals surface area (Å²) in [7, 11) is 0. The maximum Gasteiger partial charge on any atom is 0.253 e. The molecule has 0 unspecified atom stereocenters. The van der Waals surface area contributed by atoms with Crippen LogP contribution in [0.25, 0.3) is 0 Å². The van der Waals surface area contributed by atoms with Crippen molar-refractivity contribution >= 4 is 23.4 Å². The van der Waals surface area contributed by atoms with Crippen molar-refractivity contribution < 1.29 is 14.0 Å². The SMILES string of the molecule is O=C(NCc1ccccn1)[C@@H]1CN(C(=O)c2ccc(Cl)cc2)C[C@H]1c1cccc(F)c1. The van der Waals surface area contributed by atoms with Crippen LogP contribution in [0.3, 0.4) is 0 Å². The second-order valence-electron chi connectivity index (χ2n) is 7.52. The summed E-state index contributed by atoms with van der Waals surface area (Å²) < 4.78 is 13.9. The van der Waals surface area contributed by atoms with E-state index in [-0.39, 0.29) is 36.6 Å². The smallest absolute Gasteiger partial charge is 0.253 e. The molecule has 158 valence electrons. The molecule has 2 aromatic carbocycles. The minimum Gasteiger partial charge on any atom is -0.350 e. The predicted octanol–water partition coefficient (Wildman–Crippen LogP) is 4.05. The van der Waals surface area contributed by atoms with Crippen molar-refractivity contribution in [1.29, 1.82) is 0 Å². The predicted molar refractivity (Wildman–Crippen MR) is 116 cm³/mol. The van der Waals surface area contributed by atoms with Gasteiger partial charge in [-0.1, -0.05) is 29.8 Å². The average molecular weight is 438 g/mol. The Kier molecular flexibility index (Phi) is 6.28. The van der Waals surface area contributed by atoms with Gasteiger partial charge in [-0.3, -0.25) is 14.6 Å². The molecule has 0 aliphatic carbocycles. The first-order chi connectivity index (χ1) is 15.0. The van der Waals surface area contributed by atoms with Crippen LogP contribution in [0.2, 0.25) is 5.02 Å². The number of hydrogen-bond acceptors (Lipinski definition) is 3. The summed E-state index contributed by atoms with van der Waals surface area (Å²) in [6, 6.07) is 18.3. The van der Waals surface area contributed by atoms with Crippen molar-refractivity contribution in [1.82, 2.24) is 15.2 Å². The highest BCUT2D eigenvalue weighted by Crippen LogP contribution is 2.34. The molecule has 3 aromatic rings. The van der Waals surface area contributed by atoms with E-state index in [1.54, 1.807) is 47.5 Å². The maximum absolute atomic E-state index is 13.9. The lowest BCUT2D eigenvalue weighted by Crippen LogP contribution is -2.35. The quantitative estimate of drug-likeness (QED) is 0.655. The van der Waals surface area contributed by atoms with Crippen LogP contribution < -0.4 is 5.32 Å². The number of rotatable bonds is 5. The lowest BCUT2D eigenvalue weighted by Gasteiger charge is -2.18. The molecule has 1 aliphatic rings. The van der Waals surface area contributed by atoms with Crippen molar-refractivity contribution in [3.05, 3.63) is 101 Å². The summed E-state index contributed by atoms with van der Waals surface area (Å²) in [6.45, 7) is 0.862. The Balaban J connectivity index is 1.55. The Morgan fingerprint density at radius 3 is 2.58 bits per heavy atom. The second-order valence-corrected chi connectivity index (χ2v) is 7.96. The topological polar surface area (TPSA) is 62.3 Å². The van der Waals surface area contributed by atoms with Gasteiger partial charge in [0, 0.05) is 35.8 Å². The van der Waals surface area contributed by atoms with Crippen LogP contribution in [-0.2, 0) is 11.3 Å². The average Bonchev–Trinajstić information content (AvgIpc) is 3.24. The number of aromatic nitrogens is 1. The number of benzene rings is 2. The molecule has 2 heterocycles. The fourth-order valence-electron chi connectivity index (χ4n) is 3.90. The molecule has 2 amide bonds. The molecule has 0 saturated carbocycles. The van der Waals surface area contributed by atoms with Gasteiger partial charge in [0.2, 0.25) is 5.91 Å². The van der Waals surface area contributed by atoms with E-state index in [2.05, 4.69) is 10.3 Å². The number of carbonyl (C=O) groups is 2. The lowest BCUT2D eigenvalue weighted by molar-refractivity contribution is -0.125. The van der Waals surface area contributed by atoms with E-state index < -0.39 is 5.92 Å². The number of carbonyl (C=O) groups excluding carboxylic acids is 2. The number of nitrogens with zero attached hydrogens (tertiary/aromatic N) is 2. The van der Waals surface area contributed by atoms with E-state index in [4.69, 9.17) is 11.6 Å². The van der Waals surface area contributed by atoms with Gasteiger partial charge in [-0.15, -0.1) is 0 Å². The van der Waals surface area contributed by atoms with Crippen LogP contribution in [0, 0.1) is 11.7 Å². The molecule has 0 radical (unpaired) electrons. The zero-order chi connectivity index (χ0) is 21.8. The largest absolute Gasteiger partial charge is 0.350 e. The molecule has 4 rings (SSSR count). The summed E-state index contributed by atoms with van der Waals surface area (Å²) in [6.07, 6.45) is 1.67. The fourth-order valence-corrected chi connectivity index (χ4v) is 4.02. The number of nitrogens with one attached hydrogen (secondary N) is 1. The first-order valence-electron chi connectivity index (χ1n) is 9.99. The molecule has 0 spiro atoms. The number of hydrogen-bond donors (Lipinski definition) is 1. The van der Waals surface area contributed by atoms with Crippen LogP contribution in [-0.4, -0.2) is 34.8 Å². The van der Waals surface area contributed by atoms with Gasteiger partial charge in [0.15, 0.2) is 0 Å². The summed E-state index contributed by atoms with van der Waals surface area (Å²) in [5.41, 5.74) is 1.94. The summed E-state index contributed by atoms with van der Waals surface area (Å²) in [4.78, 5) is 31.9. The highest BCUT2D eigenvalue weighted by Gasteiger charge is 2.40. The normalized spacial score (nSPS) is 18.1. The van der Waals surface area contributed by atoms with Crippen molar-refractivity contribution in [2.24, 2.45) is 5.92 Å². The van der Waals surface area contributed by atoms with Crippen molar-refractivity contribution in [2.45, 2.75) is 12.5 Å². The third-order valence-corrected chi connectivity index (χ3v) is 5.73. The van der Waals surface area contributed by atoms with Crippen molar-refractivity contribution in [3.8, 4) is 0 Å². The summed E-state index contributed by atoms with van der Waals surface area (Å²) >= 11 is 5.93. The number of amides is 2. The molecular formula is C24H21ClFN3O2. The molecule has 1 N–H and O–H groups in total. The molecule has 1 aromatic heterocycles. The van der Waals surface area contributed by atoms with Crippen LogP contribution in [0.15, 0.2) is 72.9 Å². The zero-order valence-corrected chi connectivity index (χ0v) is 17.4. The Morgan fingerprint density at radius 1 is 1.06 bits per heavy atom. The summed E-state index contributed by atoms with van der Waals surface area (Å²) in [5.74, 6) is -1.55. The number of pyridine rings is 1. The van der Waals surface area contributed by atoms with E-state index in [9.17, 15) is 14.0 Å². The van der Waals surface area contributed by atoms with Gasteiger partial charge < -0.3 is 10.2 Å². The molecule has 1 fully saturated rings. The Morgan fingerprint density at radius 2 is 1.87 bits per heavy atom. The maximum atomic E-state index is 13.9. The van der Waals surface area contributed by atoms with Gasteiger partial charge in [0.1, 0.15) is 5.82 Å². The number of halogens is 2. The van der Waals surface area contributed by atoms with Gasteiger partial charge in [-0.2, -0.15) is 0 Å². The van der Waals surface area contributed by atoms with E-state index in [1.165, 1.54) is 12.1 Å². The van der Waals surface area contributed by atoms with E-state index in [0.29, 0.717) is 22.7 Å². The van der Waals surface area contributed by atoms with E-state index >= 15 is 0 Å². The molecule has 1 saturated heterocycles. The van der Waals surface area contributed by atoms with Crippen LogP contribution in [0.1, 0.15) is 27.5 Å². The fraction of sp³-hybridized carbons (Fsp3) is 0.208. The summed E-state index contributed by atoms with van der Waals surface area (Å²) in [5, 5.41) is 3.46. The zero-order valence-electron chi connectivity index (χ0n) is 16.7. The Hall–Kier alpha value is -3.25. The van der Waals surface area contributed by atoms with Gasteiger partial charge in [0.25, 0.3) is 5.91 Å². The van der Waals surface area contributed by atoms with E-state index in [0.717, 1.165) is 5.69 Å². The van der Waals surface area contributed by atoms with Crippen molar-refractivity contribution in [2.75, 3.05) is 13.1 Å². The monoisotopic (exact) mass is 437 g/mol. The molecule has 2 atom stereocenters. The molecule has 5 nitrogen and oxygen atoms in total. The molecule has 31 heavy (non-hydrogen) atoms. The molecule has 0 bridgehead atoms. The first kappa shape index (κ1) is 21.0. The van der Waals surface area contributed by atoms with Crippen molar-refractivity contribution in [3.63, 3.8) is 0 Å². The van der Waals surface area contributed by atoms with E-state index in [1.807, 2.05) is 18.2 Å². The molecule has 1 aliphatic heterocycles. The third kappa shape index (κ3) is 4.91.